The third kappa shape index (κ3) is 6.74. The molecule has 0 atom stereocenters. The van der Waals surface area contributed by atoms with Crippen molar-refractivity contribution in [1.82, 2.24) is 9.97 Å². The maximum atomic E-state index is 11.5. The number of fused-ring (bicyclic) bond motifs is 4. The van der Waals surface area contributed by atoms with E-state index in [-0.39, 0.29) is 42.5 Å². The van der Waals surface area contributed by atoms with Crippen LogP contribution in [0.25, 0.3) is 33.2 Å². The summed E-state index contributed by atoms with van der Waals surface area (Å²) in [7, 11) is 0. The van der Waals surface area contributed by atoms with Gasteiger partial charge in [0.25, 0.3) is 0 Å². The van der Waals surface area contributed by atoms with E-state index >= 15 is 0 Å². The minimum atomic E-state index is -0.417. The van der Waals surface area contributed by atoms with Crippen molar-refractivity contribution >= 4 is 16.6 Å². The first kappa shape index (κ1) is 33.4. The number of ketones is 1. The molecule has 1 heterocycles. The number of carbonyl (C=O) groups is 1. The van der Waals surface area contributed by atoms with Gasteiger partial charge in [-0.3, -0.25) is 9.78 Å². The van der Waals surface area contributed by atoms with Crippen LogP contribution in [0, 0.1) is 16.9 Å². The predicted octanol–water partition coefficient (Wildman–Crippen LogP) is 9.61. The number of hydrogen-bond donors (Lipinski definition) is 1. The summed E-state index contributed by atoms with van der Waals surface area (Å²) in [5.74, 6) is 0.597. The smallest absolute Gasteiger partial charge is 0.164 e. The van der Waals surface area contributed by atoms with E-state index in [9.17, 15) is 9.90 Å². The van der Waals surface area contributed by atoms with Gasteiger partial charge in [0, 0.05) is 42.4 Å². The Morgan fingerprint density at radius 1 is 0.929 bits per heavy atom. The minimum absolute atomic E-state index is 0. The van der Waals surface area contributed by atoms with E-state index < -0.39 is 5.41 Å². The number of aliphatic hydroxyl groups excluding tert-OH is 1. The van der Waals surface area contributed by atoms with E-state index in [1.54, 1.807) is 6.33 Å². The Hall–Kier alpha value is -3.14. The first-order valence-corrected chi connectivity index (χ1v) is 14.4. The Morgan fingerprint density at radius 2 is 1.55 bits per heavy atom. The molecule has 1 aliphatic carbocycles. The Balaban J connectivity index is 0.000000297. The summed E-state index contributed by atoms with van der Waals surface area (Å²) in [6.45, 7) is 20.0. The normalized spacial score (nSPS) is 14.0. The van der Waals surface area contributed by atoms with E-state index in [1.165, 1.54) is 33.5 Å². The van der Waals surface area contributed by atoms with Crippen molar-refractivity contribution in [3.8, 4) is 22.4 Å². The fourth-order valence-corrected chi connectivity index (χ4v) is 4.91. The number of rotatable bonds is 3. The Bertz CT molecular complexity index is 1620. The Labute approximate surface area is 265 Å². The van der Waals surface area contributed by atoms with Crippen molar-refractivity contribution in [1.29, 1.82) is 0 Å². The number of aromatic nitrogens is 2. The molecular weight excluding hydrogens is 697 g/mol. The molecular formula is C37H43IrN2O2-. The summed E-state index contributed by atoms with van der Waals surface area (Å²) in [4.78, 5) is 20.9. The second kappa shape index (κ2) is 12.2. The number of carbonyl (C=O) groups excluding carboxylic acids is 1. The molecule has 1 aromatic heterocycles. The molecule has 1 aliphatic rings. The second-order valence-corrected chi connectivity index (χ2v) is 13.9. The van der Waals surface area contributed by atoms with E-state index in [1.807, 2.05) is 41.5 Å². The third-order valence-electron chi connectivity index (χ3n) is 7.80. The van der Waals surface area contributed by atoms with Crippen molar-refractivity contribution in [3.05, 3.63) is 95.6 Å². The minimum Gasteiger partial charge on any atom is -0.512 e. The second-order valence-electron chi connectivity index (χ2n) is 13.9. The first-order valence-electron chi connectivity index (χ1n) is 14.4. The molecule has 1 N–H and O–H groups in total. The fraction of sp³-hybridized carbons (Fsp3) is 0.378. The molecule has 0 unspecified atom stereocenters. The molecule has 0 amide bonds. The van der Waals surface area contributed by atoms with Crippen LogP contribution in [-0.4, -0.2) is 20.9 Å². The van der Waals surface area contributed by atoms with Gasteiger partial charge in [-0.05, 0) is 45.3 Å². The molecule has 1 radical (unpaired) electrons. The van der Waals surface area contributed by atoms with Crippen LogP contribution in [0.1, 0.15) is 92.0 Å². The van der Waals surface area contributed by atoms with Crippen LogP contribution >= 0.6 is 0 Å². The van der Waals surface area contributed by atoms with Gasteiger partial charge in [0.15, 0.2) is 5.78 Å². The third-order valence-corrected chi connectivity index (χ3v) is 7.80. The van der Waals surface area contributed by atoms with Gasteiger partial charge in [-0.1, -0.05) is 99.4 Å². The summed E-state index contributed by atoms with van der Waals surface area (Å²) < 4.78 is 0. The van der Waals surface area contributed by atoms with Gasteiger partial charge in [-0.25, -0.2) is 4.98 Å². The molecule has 5 heteroatoms. The summed E-state index contributed by atoms with van der Waals surface area (Å²) in [6.07, 6.45) is 3.03. The zero-order valence-electron chi connectivity index (χ0n) is 26.5. The van der Waals surface area contributed by atoms with Crippen molar-refractivity contribution in [3.63, 3.8) is 0 Å². The summed E-state index contributed by atoms with van der Waals surface area (Å²) >= 11 is 0. The Morgan fingerprint density at radius 3 is 2.07 bits per heavy atom. The van der Waals surface area contributed by atoms with Crippen LogP contribution in [0.3, 0.4) is 0 Å². The average molecular weight is 740 g/mol. The van der Waals surface area contributed by atoms with Gasteiger partial charge in [-0.2, -0.15) is 0 Å². The maximum Gasteiger partial charge on any atom is 0.164 e. The molecule has 3 aromatic carbocycles. The largest absolute Gasteiger partial charge is 0.512 e. The summed E-state index contributed by atoms with van der Waals surface area (Å²) in [6, 6.07) is 23.1. The van der Waals surface area contributed by atoms with Crippen LogP contribution < -0.4 is 0 Å². The fourth-order valence-electron chi connectivity index (χ4n) is 4.91. The van der Waals surface area contributed by atoms with E-state index in [2.05, 4.69) is 88.4 Å². The van der Waals surface area contributed by atoms with Gasteiger partial charge in [0.05, 0.1) is 5.69 Å². The quantitative estimate of drug-likeness (QED) is 0.129. The standard InChI is InChI=1S/C26H23N2.C11H20O2.Ir/c1-16(2)17-9-11-18(12-10-17)24-23-21-13-19-7-5-6-8-20(19)14-22(21)26(3,4)25(23)28-15-27-24;1-10(2,3)8(12)7-9(13)11(4,5)6;/h5-11,13-16H,1-4H3;7,12H,1-6H3;/q-1;;/b;8-7-;. The number of allylic oxidation sites excluding steroid dienone is 2. The molecule has 0 saturated heterocycles. The van der Waals surface area contributed by atoms with Crippen LogP contribution in [0.4, 0.5) is 0 Å². The summed E-state index contributed by atoms with van der Waals surface area (Å²) in [5.41, 5.74) is 7.21. The molecule has 42 heavy (non-hydrogen) atoms. The predicted molar refractivity (Wildman–Crippen MR) is 170 cm³/mol. The van der Waals surface area contributed by atoms with Gasteiger partial charge >= 0.3 is 0 Å². The maximum absolute atomic E-state index is 11.5. The van der Waals surface area contributed by atoms with Crippen molar-refractivity contribution in [2.75, 3.05) is 0 Å². The number of hydrogen-bond acceptors (Lipinski definition) is 4. The van der Waals surface area contributed by atoms with Crippen LogP contribution in [0.15, 0.2) is 72.8 Å². The molecule has 0 spiro atoms. The van der Waals surface area contributed by atoms with Crippen molar-refractivity contribution < 1.29 is 30.0 Å². The monoisotopic (exact) mass is 740 g/mol. The molecule has 5 rings (SSSR count). The van der Waals surface area contributed by atoms with Crippen LogP contribution in [0.5, 0.6) is 0 Å². The van der Waals surface area contributed by atoms with E-state index in [0.29, 0.717) is 5.92 Å². The van der Waals surface area contributed by atoms with Gasteiger partial charge in [-0.15, -0.1) is 35.4 Å². The average Bonchev–Trinajstić information content (AvgIpc) is 3.13. The zero-order valence-corrected chi connectivity index (χ0v) is 28.9. The molecule has 0 fully saturated rings. The molecule has 223 valence electrons. The van der Waals surface area contributed by atoms with Gasteiger partial charge in [0.1, 0.15) is 12.1 Å². The SMILES string of the molecule is CC(C)(C)C(=O)/C=C(\O)C(C)(C)C.CC(C)c1c[c-]c(-c2ncnc3c2-c2cc4ccccc4cc2C3(C)C)cc1.[Ir]. The van der Waals surface area contributed by atoms with E-state index in [0.717, 1.165) is 22.5 Å². The zero-order chi connectivity index (χ0) is 30.3. The Kier molecular flexibility index (Phi) is 9.71. The topological polar surface area (TPSA) is 63.1 Å². The van der Waals surface area contributed by atoms with Crippen LogP contribution in [0.2, 0.25) is 0 Å². The molecule has 4 aromatic rings. The molecule has 4 nitrogen and oxygen atoms in total. The molecule has 0 aliphatic heterocycles. The van der Waals surface area contributed by atoms with E-state index in [4.69, 9.17) is 9.97 Å². The number of nitrogens with zero attached hydrogens (tertiary/aromatic N) is 2. The number of benzene rings is 3. The molecule has 0 saturated carbocycles. The van der Waals surface area contributed by atoms with Crippen LogP contribution in [-0.2, 0) is 30.3 Å². The molecule has 0 bridgehead atoms. The van der Waals surface area contributed by atoms with Gasteiger partial charge in [0.2, 0.25) is 0 Å². The summed E-state index contributed by atoms with van der Waals surface area (Å²) in [5, 5.41) is 12.1. The number of aliphatic hydroxyl groups is 1. The van der Waals surface area contributed by atoms with Crippen molar-refractivity contribution in [2.45, 2.75) is 80.6 Å². The van der Waals surface area contributed by atoms with Gasteiger partial charge < -0.3 is 5.11 Å². The first-order chi connectivity index (χ1) is 19.0. The van der Waals surface area contributed by atoms with Crippen molar-refractivity contribution in [2.24, 2.45) is 10.8 Å².